The summed E-state index contributed by atoms with van der Waals surface area (Å²) < 4.78 is 5.52. The van der Waals surface area contributed by atoms with E-state index in [2.05, 4.69) is 30.1 Å². The highest BCUT2D eigenvalue weighted by Crippen LogP contribution is 2.17. The van der Waals surface area contributed by atoms with Crippen LogP contribution < -0.4 is 5.73 Å². The Balaban J connectivity index is 1.85. The molecule has 0 saturated carbocycles. The van der Waals surface area contributed by atoms with Crippen molar-refractivity contribution in [3.63, 3.8) is 0 Å². The standard InChI is InChI=1S/C15H24N2O/c1-12-5-6-13(8-15(12)16)9-17(2)10-14-4-3-7-18-11-14/h5-6,8,14H,3-4,7,9-11,16H2,1-2H3. The van der Waals surface area contributed by atoms with Crippen LogP contribution in [0.3, 0.4) is 0 Å². The van der Waals surface area contributed by atoms with E-state index in [1.165, 1.54) is 18.4 Å². The van der Waals surface area contributed by atoms with Gasteiger partial charge in [0.1, 0.15) is 0 Å². The summed E-state index contributed by atoms with van der Waals surface area (Å²) in [6.45, 7) is 5.96. The lowest BCUT2D eigenvalue weighted by Gasteiger charge is -2.27. The Labute approximate surface area is 110 Å². The molecule has 1 aromatic carbocycles. The zero-order valence-corrected chi connectivity index (χ0v) is 11.5. The Hall–Kier alpha value is -1.06. The van der Waals surface area contributed by atoms with Crippen molar-refractivity contribution >= 4 is 5.69 Å². The molecule has 0 amide bonds. The van der Waals surface area contributed by atoms with Crippen molar-refractivity contribution in [1.82, 2.24) is 4.90 Å². The van der Waals surface area contributed by atoms with Gasteiger partial charge in [-0.25, -0.2) is 0 Å². The molecule has 0 spiro atoms. The molecule has 1 fully saturated rings. The minimum absolute atomic E-state index is 0.687. The van der Waals surface area contributed by atoms with Gasteiger partial charge >= 0.3 is 0 Å². The quantitative estimate of drug-likeness (QED) is 0.832. The third kappa shape index (κ3) is 3.72. The highest BCUT2D eigenvalue weighted by Gasteiger charge is 2.15. The van der Waals surface area contributed by atoms with Gasteiger partial charge in [-0.15, -0.1) is 0 Å². The van der Waals surface area contributed by atoms with Crippen LogP contribution in [0.5, 0.6) is 0 Å². The highest BCUT2D eigenvalue weighted by molar-refractivity contribution is 5.48. The summed E-state index contributed by atoms with van der Waals surface area (Å²) in [6.07, 6.45) is 2.50. The van der Waals surface area contributed by atoms with Gasteiger partial charge in [-0.05, 0) is 49.9 Å². The molecular formula is C15H24N2O. The van der Waals surface area contributed by atoms with Crippen molar-refractivity contribution in [3.8, 4) is 0 Å². The number of hydrogen-bond acceptors (Lipinski definition) is 3. The van der Waals surface area contributed by atoms with Crippen LogP contribution in [0, 0.1) is 12.8 Å². The molecule has 1 atom stereocenters. The third-order valence-corrected chi connectivity index (χ3v) is 3.62. The van der Waals surface area contributed by atoms with E-state index in [0.717, 1.165) is 37.6 Å². The third-order valence-electron chi connectivity index (χ3n) is 3.62. The first kappa shape index (κ1) is 13.4. The zero-order valence-electron chi connectivity index (χ0n) is 11.5. The van der Waals surface area contributed by atoms with Crippen LogP contribution >= 0.6 is 0 Å². The lowest BCUT2D eigenvalue weighted by Crippen LogP contribution is -2.30. The highest BCUT2D eigenvalue weighted by atomic mass is 16.5. The van der Waals surface area contributed by atoms with Crippen molar-refractivity contribution in [2.45, 2.75) is 26.3 Å². The molecule has 2 N–H and O–H groups in total. The van der Waals surface area contributed by atoms with E-state index in [0.29, 0.717) is 5.92 Å². The Morgan fingerprint density at radius 2 is 2.28 bits per heavy atom. The Bertz CT molecular complexity index is 386. The van der Waals surface area contributed by atoms with Gasteiger partial charge in [0.2, 0.25) is 0 Å². The van der Waals surface area contributed by atoms with Gasteiger partial charge in [0.15, 0.2) is 0 Å². The fraction of sp³-hybridized carbons (Fsp3) is 0.600. The molecule has 100 valence electrons. The van der Waals surface area contributed by atoms with Crippen LogP contribution in [0.25, 0.3) is 0 Å². The Morgan fingerprint density at radius 1 is 1.44 bits per heavy atom. The van der Waals surface area contributed by atoms with Crippen molar-refractivity contribution in [2.24, 2.45) is 5.92 Å². The molecule has 1 aliphatic heterocycles. The van der Waals surface area contributed by atoms with E-state index in [1.807, 2.05) is 6.92 Å². The van der Waals surface area contributed by atoms with Crippen LogP contribution in [-0.4, -0.2) is 31.7 Å². The molecule has 3 nitrogen and oxygen atoms in total. The molecule has 3 heteroatoms. The van der Waals surface area contributed by atoms with E-state index >= 15 is 0 Å². The summed E-state index contributed by atoms with van der Waals surface area (Å²) >= 11 is 0. The van der Waals surface area contributed by atoms with E-state index in [-0.39, 0.29) is 0 Å². The first-order valence-corrected chi connectivity index (χ1v) is 6.76. The molecule has 1 aliphatic rings. The van der Waals surface area contributed by atoms with Crippen molar-refractivity contribution in [2.75, 3.05) is 32.5 Å². The summed E-state index contributed by atoms with van der Waals surface area (Å²) in [7, 11) is 2.17. The van der Waals surface area contributed by atoms with Crippen molar-refractivity contribution in [1.29, 1.82) is 0 Å². The average molecular weight is 248 g/mol. The molecule has 0 bridgehead atoms. The number of nitrogen functional groups attached to an aromatic ring is 1. The predicted octanol–water partition coefficient (Wildman–Crippen LogP) is 2.44. The van der Waals surface area contributed by atoms with Gasteiger partial charge in [-0.3, -0.25) is 0 Å². The smallest absolute Gasteiger partial charge is 0.0506 e. The maximum absolute atomic E-state index is 5.94. The largest absolute Gasteiger partial charge is 0.399 e. The van der Waals surface area contributed by atoms with Gasteiger partial charge in [0.25, 0.3) is 0 Å². The van der Waals surface area contributed by atoms with E-state index in [9.17, 15) is 0 Å². The minimum atomic E-state index is 0.687. The fourth-order valence-corrected chi connectivity index (χ4v) is 2.56. The molecule has 18 heavy (non-hydrogen) atoms. The first-order chi connectivity index (χ1) is 8.65. The average Bonchev–Trinajstić information content (AvgIpc) is 2.35. The second-order valence-electron chi connectivity index (χ2n) is 5.47. The van der Waals surface area contributed by atoms with Crippen molar-refractivity contribution < 1.29 is 4.74 Å². The number of aryl methyl sites for hydroxylation is 1. The number of benzene rings is 1. The lowest BCUT2D eigenvalue weighted by molar-refractivity contribution is 0.0411. The lowest BCUT2D eigenvalue weighted by atomic mass is 10.0. The fourth-order valence-electron chi connectivity index (χ4n) is 2.56. The maximum atomic E-state index is 5.94. The van der Waals surface area contributed by atoms with Crippen LogP contribution in [0.4, 0.5) is 5.69 Å². The van der Waals surface area contributed by atoms with Crippen LogP contribution in [-0.2, 0) is 11.3 Å². The molecule has 0 aromatic heterocycles. The van der Waals surface area contributed by atoms with Crippen molar-refractivity contribution in [3.05, 3.63) is 29.3 Å². The SMILES string of the molecule is Cc1ccc(CN(C)CC2CCCOC2)cc1N. The van der Waals surface area contributed by atoms with Crippen LogP contribution in [0.2, 0.25) is 0 Å². The second kappa shape index (κ2) is 6.21. The Kier molecular flexibility index (Phi) is 4.61. The number of hydrogen-bond donors (Lipinski definition) is 1. The summed E-state index contributed by atoms with van der Waals surface area (Å²) in [6, 6.07) is 6.35. The topological polar surface area (TPSA) is 38.5 Å². The number of ether oxygens (including phenoxy) is 1. The molecule has 1 heterocycles. The van der Waals surface area contributed by atoms with Crippen LogP contribution in [0.15, 0.2) is 18.2 Å². The zero-order chi connectivity index (χ0) is 13.0. The molecule has 0 aliphatic carbocycles. The van der Waals surface area contributed by atoms with E-state index in [4.69, 9.17) is 10.5 Å². The normalized spacial score (nSPS) is 20.3. The molecular weight excluding hydrogens is 224 g/mol. The number of nitrogens with zero attached hydrogens (tertiary/aromatic N) is 1. The minimum Gasteiger partial charge on any atom is -0.399 e. The summed E-state index contributed by atoms with van der Waals surface area (Å²) in [5.74, 6) is 0.687. The number of nitrogens with two attached hydrogens (primary N) is 1. The number of rotatable bonds is 4. The number of anilines is 1. The molecule has 1 saturated heterocycles. The van der Waals surface area contributed by atoms with Crippen LogP contribution in [0.1, 0.15) is 24.0 Å². The molecule has 2 rings (SSSR count). The van der Waals surface area contributed by atoms with Gasteiger partial charge in [-0.2, -0.15) is 0 Å². The maximum Gasteiger partial charge on any atom is 0.0506 e. The summed E-state index contributed by atoms with van der Waals surface area (Å²) in [5, 5.41) is 0. The summed E-state index contributed by atoms with van der Waals surface area (Å²) in [5.41, 5.74) is 9.28. The monoisotopic (exact) mass is 248 g/mol. The van der Waals surface area contributed by atoms with Gasteiger partial charge < -0.3 is 15.4 Å². The van der Waals surface area contributed by atoms with E-state index < -0.39 is 0 Å². The molecule has 1 unspecified atom stereocenters. The van der Waals surface area contributed by atoms with E-state index in [1.54, 1.807) is 0 Å². The summed E-state index contributed by atoms with van der Waals surface area (Å²) in [4.78, 5) is 2.36. The molecule has 0 radical (unpaired) electrons. The van der Waals surface area contributed by atoms with Gasteiger partial charge in [0.05, 0.1) is 6.61 Å². The van der Waals surface area contributed by atoms with Gasteiger partial charge in [0, 0.05) is 25.4 Å². The Morgan fingerprint density at radius 3 is 2.94 bits per heavy atom. The predicted molar refractivity (Wildman–Crippen MR) is 75.5 cm³/mol. The van der Waals surface area contributed by atoms with Gasteiger partial charge in [-0.1, -0.05) is 12.1 Å². The molecule has 1 aromatic rings. The first-order valence-electron chi connectivity index (χ1n) is 6.76. The second-order valence-corrected chi connectivity index (χ2v) is 5.47.